The molecule has 0 bridgehead atoms. The minimum absolute atomic E-state index is 0.247. The first kappa shape index (κ1) is 17.3. The molecule has 0 radical (unpaired) electrons. The van der Waals surface area contributed by atoms with Gasteiger partial charge in [0.15, 0.2) is 0 Å². The van der Waals surface area contributed by atoms with Gasteiger partial charge in [-0.2, -0.15) is 0 Å². The third-order valence-corrected chi connectivity index (χ3v) is 4.60. The summed E-state index contributed by atoms with van der Waals surface area (Å²) in [5.74, 6) is 0.364. The van der Waals surface area contributed by atoms with Crippen molar-refractivity contribution in [2.45, 2.75) is 13.2 Å². The molecule has 0 aliphatic heterocycles. The molecule has 1 heterocycles. The summed E-state index contributed by atoms with van der Waals surface area (Å²) < 4.78 is 21.0. The van der Waals surface area contributed by atoms with Crippen LogP contribution in [0.2, 0.25) is 5.02 Å². The summed E-state index contributed by atoms with van der Waals surface area (Å²) in [6, 6.07) is 16.3. The van der Waals surface area contributed by atoms with E-state index in [4.69, 9.17) is 16.3 Å². The summed E-state index contributed by atoms with van der Waals surface area (Å²) in [7, 11) is 0. The van der Waals surface area contributed by atoms with E-state index in [0.717, 1.165) is 27.6 Å². The van der Waals surface area contributed by atoms with Crippen LogP contribution in [-0.2, 0) is 13.2 Å². The van der Waals surface area contributed by atoms with Crippen LogP contribution in [-0.4, -0.2) is 14.9 Å². The molecule has 0 spiro atoms. The molecule has 1 N–H and O–H groups in total. The Morgan fingerprint density at radius 2 is 1.85 bits per heavy atom. The Morgan fingerprint density at radius 3 is 2.67 bits per heavy atom. The number of ether oxygens (including phenoxy) is 1. The van der Waals surface area contributed by atoms with Crippen molar-refractivity contribution in [2.75, 3.05) is 5.43 Å². The van der Waals surface area contributed by atoms with Gasteiger partial charge in [0.1, 0.15) is 30.8 Å². The zero-order valence-corrected chi connectivity index (χ0v) is 15.0. The number of hydrogen-bond acceptors (Lipinski definition) is 4. The molecule has 5 nitrogen and oxygen atoms in total. The number of rotatable bonds is 6. The van der Waals surface area contributed by atoms with Gasteiger partial charge in [-0.3, -0.25) is 0 Å². The topological polar surface area (TPSA) is 52.0 Å². The Balaban J connectivity index is 1.63. The number of halogens is 2. The molecule has 0 aliphatic rings. The highest BCUT2D eigenvalue weighted by Gasteiger charge is 2.11. The van der Waals surface area contributed by atoms with Gasteiger partial charge < -0.3 is 10.2 Å². The standard InChI is InChI=1S/C20H16ClFN4O/c21-19-9-16(22)7-5-15(19)11-27-20-8-6-14-3-1-2-4-17(14)18(20)10-25-26-12-23-24-13-26/h1-9,12-13,25H,10-11H2. The average Bonchev–Trinajstić information content (AvgIpc) is 3.19. The zero-order chi connectivity index (χ0) is 18.6. The molecule has 4 aromatic rings. The van der Waals surface area contributed by atoms with Crippen molar-refractivity contribution >= 4 is 22.4 Å². The molecule has 0 fully saturated rings. The fourth-order valence-corrected chi connectivity index (χ4v) is 3.10. The van der Waals surface area contributed by atoms with Crippen LogP contribution in [0.15, 0.2) is 67.3 Å². The van der Waals surface area contributed by atoms with Crippen molar-refractivity contribution in [3.63, 3.8) is 0 Å². The lowest BCUT2D eigenvalue weighted by atomic mass is 10.0. The van der Waals surface area contributed by atoms with Gasteiger partial charge in [0.2, 0.25) is 0 Å². The van der Waals surface area contributed by atoms with E-state index in [1.54, 1.807) is 23.4 Å². The lowest BCUT2D eigenvalue weighted by molar-refractivity contribution is 0.303. The van der Waals surface area contributed by atoms with E-state index in [1.807, 2.05) is 24.3 Å². The largest absolute Gasteiger partial charge is 0.488 e. The summed E-state index contributed by atoms with van der Waals surface area (Å²) >= 11 is 6.11. The van der Waals surface area contributed by atoms with Crippen molar-refractivity contribution in [3.8, 4) is 5.75 Å². The first-order valence-corrected chi connectivity index (χ1v) is 8.74. The Labute approximate surface area is 160 Å². The third kappa shape index (κ3) is 3.85. The van der Waals surface area contributed by atoms with Crippen molar-refractivity contribution < 1.29 is 9.13 Å². The molecule has 3 aromatic carbocycles. The third-order valence-electron chi connectivity index (χ3n) is 4.25. The fourth-order valence-electron chi connectivity index (χ4n) is 2.88. The van der Waals surface area contributed by atoms with Crippen LogP contribution in [0.1, 0.15) is 11.1 Å². The summed E-state index contributed by atoms with van der Waals surface area (Å²) in [4.78, 5) is 0. The van der Waals surface area contributed by atoms with Crippen molar-refractivity contribution in [1.82, 2.24) is 14.9 Å². The second kappa shape index (κ2) is 7.63. The average molecular weight is 383 g/mol. The predicted octanol–water partition coefficient (Wildman–Crippen LogP) is 4.55. The van der Waals surface area contributed by atoms with E-state index in [-0.39, 0.29) is 12.4 Å². The molecule has 0 amide bonds. The Kier molecular flexibility index (Phi) is 4.89. The normalized spacial score (nSPS) is 10.9. The minimum atomic E-state index is -0.367. The van der Waals surface area contributed by atoms with E-state index >= 15 is 0 Å². The van der Waals surface area contributed by atoms with Crippen LogP contribution in [0, 0.1) is 5.82 Å². The fraction of sp³-hybridized carbons (Fsp3) is 0.100. The molecule has 0 saturated carbocycles. The predicted molar refractivity (Wildman–Crippen MR) is 103 cm³/mol. The summed E-state index contributed by atoms with van der Waals surface area (Å²) in [5, 5.41) is 10.1. The molecular weight excluding hydrogens is 367 g/mol. The summed E-state index contributed by atoms with van der Waals surface area (Å²) in [6.45, 7) is 0.767. The van der Waals surface area contributed by atoms with Gasteiger partial charge in [0.05, 0.1) is 11.6 Å². The maximum atomic E-state index is 13.2. The Morgan fingerprint density at radius 1 is 1.04 bits per heavy atom. The van der Waals surface area contributed by atoms with Gasteiger partial charge in [0, 0.05) is 11.1 Å². The van der Waals surface area contributed by atoms with Gasteiger partial charge in [-0.1, -0.05) is 48.0 Å². The van der Waals surface area contributed by atoms with Gasteiger partial charge in [-0.15, -0.1) is 10.2 Å². The monoisotopic (exact) mass is 382 g/mol. The van der Waals surface area contributed by atoms with Crippen LogP contribution in [0.4, 0.5) is 4.39 Å². The molecule has 0 unspecified atom stereocenters. The van der Waals surface area contributed by atoms with Gasteiger partial charge >= 0.3 is 0 Å². The zero-order valence-electron chi connectivity index (χ0n) is 14.3. The van der Waals surface area contributed by atoms with Crippen LogP contribution in [0.3, 0.4) is 0 Å². The smallest absolute Gasteiger partial charge is 0.138 e. The quantitative estimate of drug-likeness (QED) is 0.531. The molecule has 7 heteroatoms. The lowest BCUT2D eigenvalue weighted by Crippen LogP contribution is -2.13. The number of aromatic nitrogens is 3. The number of nitrogens with zero attached hydrogens (tertiary/aromatic N) is 3. The highest BCUT2D eigenvalue weighted by atomic mass is 35.5. The molecule has 0 atom stereocenters. The number of hydrogen-bond donors (Lipinski definition) is 1. The van der Waals surface area contributed by atoms with Gasteiger partial charge in [0.25, 0.3) is 0 Å². The maximum Gasteiger partial charge on any atom is 0.138 e. The highest BCUT2D eigenvalue weighted by Crippen LogP contribution is 2.29. The van der Waals surface area contributed by atoms with Crippen LogP contribution in [0.5, 0.6) is 5.75 Å². The van der Waals surface area contributed by atoms with E-state index in [1.165, 1.54) is 12.1 Å². The number of nitrogens with one attached hydrogen (secondary N) is 1. The summed E-state index contributed by atoms with van der Waals surface area (Å²) in [6.07, 6.45) is 3.17. The number of benzene rings is 3. The minimum Gasteiger partial charge on any atom is -0.488 e. The van der Waals surface area contributed by atoms with E-state index in [0.29, 0.717) is 11.6 Å². The van der Waals surface area contributed by atoms with Crippen molar-refractivity contribution in [1.29, 1.82) is 0 Å². The van der Waals surface area contributed by atoms with Crippen LogP contribution in [0.25, 0.3) is 10.8 Å². The highest BCUT2D eigenvalue weighted by molar-refractivity contribution is 6.31. The molecule has 136 valence electrons. The van der Waals surface area contributed by atoms with Crippen molar-refractivity contribution in [2.24, 2.45) is 0 Å². The maximum absolute atomic E-state index is 13.2. The van der Waals surface area contributed by atoms with Gasteiger partial charge in [-0.25, -0.2) is 9.07 Å². The molecule has 27 heavy (non-hydrogen) atoms. The van der Waals surface area contributed by atoms with Crippen LogP contribution < -0.4 is 10.2 Å². The number of fused-ring (bicyclic) bond motifs is 1. The second-order valence-corrected chi connectivity index (χ2v) is 6.40. The second-order valence-electron chi connectivity index (χ2n) is 5.99. The molecule has 4 rings (SSSR count). The van der Waals surface area contributed by atoms with Crippen molar-refractivity contribution in [3.05, 3.63) is 89.2 Å². The summed E-state index contributed by atoms with van der Waals surface area (Å²) in [5.41, 5.74) is 4.95. The van der Waals surface area contributed by atoms with Gasteiger partial charge in [-0.05, 0) is 29.0 Å². The van der Waals surface area contributed by atoms with Crippen LogP contribution >= 0.6 is 11.6 Å². The Bertz CT molecular complexity index is 1070. The molecule has 0 aliphatic carbocycles. The van der Waals surface area contributed by atoms with E-state index in [2.05, 4.69) is 27.8 Å². The van der Waals surface area contributed by atoms with E-state index in [9.17, 15) is 4.39 Å². The first-order valence-electron chi connectivity index (χ1n) is 8.36. The first-order chi connectivity index (χ1) is 13.2. The SMILES string of the molecule is Fc1ccc(COc2ccc3ccccc3c2CNn2cnnc2)c(Cl)c1. The molecule has 1 aromatic heterocycles. The lowest BCUT2D eigenvalue weighted by Gasteiger charge is -2.16. The Hall–Kier alpha value is -3.12. The molecule has 0 saturated heterocycles. The van der Waals surface area contributed by atoms with E-state index < -0.39 is 0 Å². The molecular formula is C20H16ClFN4O.